The number of anilines is 2. The Kier molecular flexibility index (Phi) is 7.21. The zero-order valence-corrected chi connectivity index (χ0v) is 20.0. The number of nitrogens with zero attached hydrogens (tertiary/aromatic N) is 2. The Labute approximate surface area is 195 Å². The number of amides is 1. The van der Waals surface area contributed by atoms with Gasteiger partial charge in [0.2, 0.25) is 15.9 Å². The summed E-state index contributed by atoms with van der Waals surface area (Å²) in [5.41, 5.74) is 3.32. The second-order valence-corrected chi connectivity index (χ2v) is 10.1. The van der Waals surface area contributed by atoms with Crippen molar-refractivity contribution in [3.63, 3.8) is 0 Å². The van der Waals surface area contributed by atoms with Crippen molar-refractivity contribution in [1.82, 2.24) is 4.31 Å². The quantitative estimate of drug-likeness (QED) is 0.634. The zero-order valence-electron chi connectivity index (χ0n) is 19.2. The van der Waals surface area contributed by atoms with Gasteiger partial charge in [0.15, 0.2) is 0 Å². The number of morpholine rings is 1. The Morgan fingerprint density at radius 3 is 2.55 bits per heavy atom. The molecule has 2 aliphatic rings. The van der Waals surface area contributed by atoms with Gasteiger partial charge in [-0.2, -0.15) is 4.31 Å². The molecule has 4 rings (SSSR count). The molecule has 0 saturated carbocycles. The van der Waals surface area contributed by atoms with E-state index in [0.717, 1.165) is 42.1 Å². The largest absolute Gasteiger partial charge is 0.493 e. The van der Waals surface area contributed by atoms with Crippen molar-refractivity contribution in [1.29, 1.82) is 0 Å². The molecule has 9 heteroatoms. The predicted octanol–water partition coefficient (Wildman–Crippen LogP) is 2.67. The van der Waals surface area contributed by atoms with E-state index in [4.69, 9.17) is 9.47 Å². The molecule has 1 amide bonds. The van der Waals surface area contributed by atoms with E-state index in [0.29, 0.717) is 38.6 Å². The molecular formula is C24H31N3O5S. The Balaban J connectivity index is 1.59. The molecule has 2 heterocycles. The second kappa shape index (κ2) is 10.1. The van der Waals surface area contributed by atoms with Gasteiger partial charge in [0.25, 0.3) is 0 Å². The molecule has 33 heavy (non-hydrogen) atoms. The van der Waals surface area contributed by atoms with Gasteiger partial charge in [0.05, 0.1) is 42.5 Å². The van der Waals surface area contributed by atoms with Gasteiger partial charge >= 0.3 is 0 Å². The fraction of sp³-hybridized carbons (Fsp3) is 0.458. The molecule has 0 bridgehead atoms. The van der Waals surface area contributed by atoms with E-state index < -0.39 is 10.0 Å². The predicted molar refractivity (Wildman–Crippen MR) is 128 cm³/mol. The minimum atomic E-state index is -3.67. The summed E-state index contributed by atoms with van der Waals surface area (Å²) in [5.74, 6) is 0.687. The fourth-order valence-corrected chi connectivity index (χ4v) is 5.72. The molecular weight excluding hydrogens is 442 g/mol. The van der Waals surface area contributed by atoms with E-state index in [-0.39, 0.29) is 17.2 Å². The number of hydrogen-bond acceptors (Lipinski definition) is 6. The fourth-order valence-electron chi connectivity index (χ4n) is 4.28. The first kappa shape index (κ1) is 23.5. The number of fused-ring (bicyclic) bond motifs is 1. The van der Waals surface area contributed by atoms with Crippen LogP contribution >= 0.6 is 0 Å². The van der Waals surface area contributed by atoms with Crippen molar-refractivity contribution in [3.8, 4) is 5.75 Å². The molecule has 8 nitrogen and oxygen atoms in total. The molecule has 1 N–H and O–H groups in total. The van der Waals surface area contributed by atoms with Gasteiger partial charge in [0.1, 0.15) is 5.75 Å². The van der Waals surface area contributed by atoms with Crippen LogP contribution in [0.15, 0.2) is 41.3 Å². The smallest absolute Gasteiger partial charge is 0.243 e. The Bertz CT molecular complexity index is 1110. The molecule has 0 spiro atoms. The van der Waals surface area contributed by atoms with E-state index in [1.165, 1.54) is 4.31 Å². The normalized spacial score (nSPS) is 16.2. The lowest BCUT2D eigenvalue weighted by atomic mass is 10.1. The summed E-state index contributed by atoms with van der Waals surface area (Å²) < 4.78 is 38.6. The molecule has 178 valence electrons. The molecule has 0 radical (unpaired) electrons. The minimum Gasteiger partial charge on any atom is -0.493 e. The van der Waals surface area contributed by atoms with Crippen LogP contribution in [0.25, 0.3) is 0 Å². The first-order chi connectivity index (χ1) is 15.9. The lowest BCUT2D eigenvalue weighted by molar-refractivity contribution is -0.115. The van der Waals surface area contributed by atoms with Crippen molar-refractivity contribution in [3.05, 3.63) is 47.5 Å². The van der Waals surface area contributed by atoms with Gasteiger partial charge in [-0.25, -0.2) is 8.42 Å². The van der Waals surface area contributed by atoms with Crippen LogP contribution in [-0.4, -0.2) is 64.6 Å². The van der Waals surface area contributed by atoms with E-state index in [9.17, 15) is 13.2 Å². The van der Waals surface area contributed by atoms with Gasteiger partial charge in [-0.1, -0.05) is 12.1 Å². The van der Waals surface area contributed by atoms with Crippen LogP contribution in [0.4, 0.5) is 11.4 Å². The first-order valence-electron chi connectivity index (χ1n) is 11.4. The molecule has 1 saturated heterocycles. The topological polar surface area (TPSA) is 88.2 Å². The third-order valence-electron chi connectivity index (χ3n) is 6.07. The average molecular weight is 474 g/mol. The molecule has 1 fully saturated rings. The van der Waals surface area contributed by atoms with Crippen LogP contribution in [0.1, 0.15) is 25.0 Å². The Hall–Kier alpha value is -2.62. The van der Waals surface area contributed by atoms with Crippen LogP contribution in [0, 0.1) is 0 Å². The molecule has 0 atom stereocenters. The molecule has 2 aromatic carbocycles. The number of carbonyl (C=O) groups is 1. The number of hydrogen-bond donors (Lipinski definition) is 1. The van der Waals surface area contributed by atoms with Crippen LogP contribution in [0.3, 0.4) is 0 Å². The monoisotopic (exact) mass is 473 g/mol. The van der Waals surface area contributed by atoms with Crippen LogP contribution in [-0.2, 0) is 32.4 Å². The average Bonchev–Trinajstić information content (AvgIpc) is 3.29. The van der Waals surface area contributed by atoms with Crippen molar-refractivity contribution >= 4 is 27.3 Å². The first-order valence-corrected chi connectivity index (χ1v) is 12.9. The third-order valence-corrected chi connectivity index (χ3v) is 7.97. The summed E-state index contributed by atoms with van der Waals surface area (Å²) in [7, 11) is -3.67. The highest BCUT2D eigenvalue weighted by molar-refractivity contribution is 7.89. The van der Waals surface area contributed by atoms with Gasteiger partial charge in [-0.3, -0.25) is 4.79 Å². The van der Waals surface area contributed by atoms with E-state index in [2.05, 4.69) is 10.2 Å². The van der Waals surface area contributed by atoms with Crippen molar-refractivity contribution < 1.29 is 22.7 Å². The highest BCUT2D eigenvalue weighted by Crippen LogP contribution is 2.31. The van der Waals surface area contributed by atoms with Gasteiger partial charge in [0, 0.05) is 32.6 Å². The number of benzene rings is 2. The van der Waals surface area contributed by atoms with Gasteiger partial charge in [-0.05, 0) is 49.2 Å². The number of nitrogens with one attached hydrogen (secondary N) is 1. The van der Waals surface area contributed by atoms with Crippen LogP contribution < -0.4 is 15.0 Å². The second-order valence-electron chi connectivity index (χ2n) is 8.13. The van der Waals surface area contributed by atoms with Crippen molar-refractivity contribution in [2.45, 2.75) is 31.6 Å². The molecule has 0 aromatic heterocycles. The maximum absolute atomic E-state index is 13.2. The number of rotatable bonds is 8. The molecule has 2 aliphatic heterocycles. The SMILES string of the molecule is CCN(CC)c1ccc(S(=O)(=O)N2CCOCC2)cc1NC(=O)Cc1ccc2c(c1)CCO2. The number of sulfonamides is 1. The standard InChI is InChI=1S/C24H31N3O5S/c1-3-26(4-2)22-7-6-20(33(29,30)27-10-13-31-14-11-27)17-21(22)25-24(28)16-18-5-8-23-19(15-18)9-12-32-23/h5-8,15,17H,3-4,9-14,16H2,1-2H3,(H,25,28). The lowest BCUT2D eigenvalue weighted by Crippen LogP contribution is -2.40. The lowest BCUT2D eigenvalue weighted by Gasteiger charge is -2.28. The summed E-state index contributed by atoms with van der Waals surface area (Å²) in [6, 6.07) is 10.8. The van der Waals surface area contributed by atoms with Crippen LogP contribution in [0.2, 0.25) is 0 Å². The summed E-state index contributed by atoms with van der Waals surface area (Å²) >= 11 is 0. The summed E-state index contributed by atoms with van der Waals surface area (Å²) in [6.07, 6.45) is 1.05. The van der Waals surface area contributed by atoms with Crippen molar-refractivity contribution in [2.24, 2.45) is 0 Å². The number of ether oxygens (including phenoxy) is 2. The van der Waals surface area contributed by atoms with E-state index in [1.54, 1.807) is 18.2 Å². The maximum atomic E-state index is 13.2. The molecule has 0 unspecified atom stereocenters. The maximum Gasteiger partial charge on any atom is 0.243 e. The summed E-state index contributed by atoms with van der Waals surface area (Å²) in [4.78, 5) is 15.2. The molecule has 0 aliphatic carbocycles. The zero-order chi connectivity index (χ0) is 23.4. The van der Waals surface area contributed by atoms with Crippen LogP contribution in [0.5, 0.6) is 5.75 Å². The van der Waals surface area contributed by atoms with Gasteiger partial charge in [-0.15, -0.1) is 0 Å². The highest BCUT2D eigenvalue weighted by atomic mass is 32.2. The highest BCUT2D eigenvalue weighted by Gasteiger charge is 2.27. The van der Waals surface area contributed by atoms with E-state index >= 15 is 0 Å². The van der Waals surface area contributed by atoms with Gasteiger partial charge < -0.3 is 19.7 Å². The van der Waals surface area contributed by atoms with E-state index in [1.807, 2.05) is 32.0 Å². The minimum absolute atomic E-state index is 0.172. The Morgan fingerprint density at radius 2 is 1.82 bits per heavy atom. The molecule has 2 aromatic rings. The summed E-state index contributed by atoms with van der Waals surface area (Å²) in [5, 5.41) is 2.97. The van der Waals surface area contributed by atoms with Crippen molar-refractivity contribution in [2.75, 3.05) is 56.2 Å². The summed E-state index contributed by atoms with van der Waals surface area (Å²) in [6.45, 7) is 7.61. The number of carbonyl (C=O) groups excluding carboxylic acids is 1. The third kappa shape index (κ3) is 5.15. The Morgan fingerprint density at radius 1 is 1.06 bits per heavy atom.